The number of fused-ring (bicyclic) bond motifs is 2. The third-order valence-electron chi connectivity index (χ3n) is 3.72. The van der Waals surface area contributed by atoms with Crippen LogP contribution in [0.4, 0.5) is 4.39 Å². The third-order valence-corrected chi connectivity index (χ3v) is 4.01. The molecule has 2 heterocycles. The van der Waals surface area contributed by atoms with E-state index >= 15 is 0 Å². The zero-order valence-electron chi connectivity index (χ0n) is 9.62. The number of halogens is 2. The van der Waals surface area contributed by atoms with Crippen LogP contribution < -0.4 is 10.6 Å². The van der Waals surface area contributed by atoms with Gasteiger partial charge in [0, 0.05) is 18.6 Å². The van der Waals surface area contributed by atoms with E-state index in [1.54, 1.807) is 0 Å². The summed E-state index contributed by atoms with van der Waals surface area (Å²) >= 11 is 5.63. The van der Waals surface area contributed by atoms with Gasteiger partial charge in [0.05, 0.1) is 11.2 Å². The molecule has 1 saturated carbocycles. The molecule has 2 fully saturated rings. The van der Waals surface area contributed by atoms with Gasteiger partial charge >= 0.3 is 0 Å². The van der Waals surface area contributed by atoms with Crippen LogP contribution in [0.1, 0.15) is 23.3 Å². The molecule has 0 spiro atoms. The molecule has 3 unspecified atom stereocenters. The van der Waals surface area contributed by atoms with E-state index in [-0.39, 0.29) is 22.7 Å². The fourth-order valence-corrected chi connectivity index (χ4v) is 2.94. The molecule has 1 aliphatic heterocycles. The monoisotopic (exact) mass is 269 g/mol. The Kier molecular flexibility index (Phi) is 2.95. The van der Waals surface area contributed by atoms with Crippen molar-refractivity contribution in [2.45, 2.75) is 24.9 Å². The van der Waals surface area contributed by atoms with E-state index in [4.69, 9.17) is 11.6 Å². The van der Waals surface area contributed by atoms with Crippen molar-refractivity contribution in [1.82, 2.24) is 15.6 Å². The lowest BCUT2D eigenvalue weighted by molar-refractivity contribution is 0.0920. The van der Waals surface area contributed by atoms with E-state index < -0.39 is 5.82 Å². The second kappa shape index (κ2) is 4.48. The average Bonchev–Trinajstić information content (AvgIpc) is 2.94. The predicted octanol–water partition coefficient (Wildman–Crippen LogP) is 1.35. The molecule has 0 radical (unpaired) electrons. The zero-order valence-corrected chi connectivity index (χ0v) is 10.4. The number of aromatic nitrogens is 1. The smallest absolute Gasteiger partial charge is 0.270 e. The van der Waals surface area contributed by atoms with Crippen molar-refractivity contribution in [3.8, 4) is 0 Å². The van der Waals surface area contributed by atoms with Gasteiger partial charge in [0.2, 0.25) is 0 Å². The van der Waals surface area contributed by atoms with Crippen LogP contribution in [-0.2, 0) is 0 Å². The maximum atomic E-state index is 13.0. The van der Waals surface area contributed by atoms with E-state index in [0.29, 0.717) is 12.0 Å². The van der Waals surface area contributed by atoms with Gasteiger partial charge in [-0.05, 0) is 24.8 Å². The average molecular weight is 270 g/mol. The molecule has 2 N–H and O–H groups in total. The maximum Gasteiger partial charge on any atom is 0.270 e. The molecule has 1 amide bonds. The van der Waals surface area contributed by atoms with Crippen LogP contribution >= 0.6 is 11.6 Å². The highest BCUT2D eigenvalue weighted by molar-refractivity contribution is 6.31. The summed E-state index contributed by atoms with van der Waals surface area (Å²) in [5.74, 6) is -0.401. The quantitative estimate of drug-likeness (QED) is 0.852. The van der Waals surface area contributed by atoms with Crippen molar-refractivity contribution in [2.75, 3.05) is 6.54 Å². The van der Waals surface area contributed by atoms with Gasteiger partial charge in [-0.15, -0.1) is 0 Å². The highest BCUT2D eigenvalue weighted by Gasteiger charge is 2.40. The van der Waals surface area contributed by atoms with Gasteiger partial charge in [0.25, 0.3) is 5.91 Å². The van der Waals surface area contributed by atoms with Crippen molar-refractivity contribution < 1.29 is 9.18 Å². The van der Waals surface area contributed by atoms with Crippen molar-refractivity contribution in [2.24, 2.45) is 5.92 Å². The van der Waals surface area contributed by atoms with Gasteiger partial charge in [-0.2, -0.15) is 0 Å². The van der Waals surface area contributed by atoms with Gasteiger partial charge in [0.1, 0.15) is 5.69 Å². The molecule has 1 aliphatic carbocycles. The number of nitrogens with zero attached hydrogens (tertiary/aromatic N) is 1. The first kappa shape index (κ1) is 11.9. The molecule has 18 heavy (non-hydrogen) atoms. The number of amides is 1. The van der Waals surface area contributed by atoms with Crippen LogP contribution in [0.5, 0.6) is 0 Å². The topological polar surface area (TPSA) is 54.0 Å². The largest absolute Gasteiger partial charge is 0.348 e. The lowest BCUT2D eigenvalue weighted by Crippen LogP contribution is -2.44. The summed E-state index contributed by atoms with van der Waals surface area (Å²) in [5, 5.41) is 6.25. The van der Waals surface area contributed by atoms with E-state index in [2.05, 4.69) is 15.6 Å². The molecule has 96 valence electrons. The number of carbonyl (C=O) groups is 1. The van der Waals surface area contributed by atoms with Crippen molar-refractivity contribution in [1.29, 1.82) is 0 Å². The summed E-state index contributed by atoms with van der Waals surface area (Å²) in [5.41, 5.74) is 0.164. The number of pyridine rings is 1. The highest BCUT2D eigenvalue weighted by Crippen LogP contribution is 2.31. The van der Waals surface area contributed by atoms with Gasteiger partial charge in [-0.25, -0.2) is 9.37 Å². The Balaban J connectivity index is 1.69. The Bertz CT molecular complexity index is 496. The number of piperidine rings is 1. The van der Waals surface area contributed by atoms with Crippen molar-refractivity contribution >= 4 is 17.5 Å². The van der Waals surface area contributed by atoms with Crippen LogP contribution in [-0.4, -0.2) is 29.5 Å². The zero-order chi connectivity index (χ0) is 12.7. The van der Waals surface area contributed by atoms with Crippen LogP contribution in [0.15, 0.2) is 12.3 Å². The van der Waals surface area contributed by atoms with Crippen molar-refractivity contribution in [3.63, 3.8) is 0 Å². The molecule has 4 nitrogen and oxygen atoms in total. The Morgan fingerprint density at radius 3 is 3.00 bits per heavy atom. The molecule has 3 atom stereocenters. The molecule has 2 aliphatic rings. The van der Waals surface area contributed by atoms with Gasteiger partial charge in [-0.3, -0.25) is 4.79 Å². The number of carbonyl (C=O) groups excluding carboxylic acids is 1. The first-order valence-corrected chi connectivity index (χ1v) is 6.36. The molecule has 1 aromatic heterocycles. The van der Waals surface area contributed by atoms with Crippen LogP contribution in [0.3, 0.4) is 0 Å². The minimum atomic E-state index is -0.614. The summed E-state index contributed by atoms with van der Waals surface area (Å²) in [6.45, 7) is 0.952. The molecule has 1 aromatic rings. The first-order valence-electron chi connectivity index (χ1n) is 5.99. The summed E-state index contributed by atoms with van der Waals surface area (Å²) in [6, 6.07) is 1.97. The maximum absolute atomic E-state index is 13.0. The Morgan fingerprint density at radius 1 is 1.56 bits per heavy atom. The van der Waals surface area contributed by atoms with E-state index in [0.717, 1.165) is 25.6 Å². The minimum absolute atomic E-state index is 0.0789. The third kappa shape index (κ3) is 2.08. The molecule has 1 saturated heterocycles. The van der Waals surface area contributed by atoms with Crippen molar-refractivity contribution in [3.05, 3.63) is 28.8 Å². The molecule has 2 bridgehead atoms. The van der Waals surface area contributed by atoms with Gasteiger partial charge < -0.3 is 10.6 Å². The first-order chi connectivity index (χ1) is 8.63. The normalized spacial score (nSPS) is 29.6. The standard InChI is InChI=1S/C12H13ClFN3O/c13-8-3-11(16-5-9(8)14)12(18)17-10-2-7-1-6(10)4-15-7/h3,5-7,10,15H,1-2,4H2,(H,17,18). The minimum Gasteiger partial charge on any atom is -0.348 e. The Morgan fingerprint density at radius 2 is 2.39 bits per heavy atom. The Hall–Kier alpha value is -1.20. The summed E-state index contributed by atoms with van der Waals surface area (Å²) in [7, 11) is 0. The van der Waals surface area contributed by atoms with Gasteiger partial charge in [0.15, 0.2) is 5.82 Å². The Labute approximate surface area is 109 Å². The molecular weight excluding hydrogens is 257 g/mol. The fraction of sp³-hybridized carbons (Fsp3) is 0.500. The number of hydrogen-bond acceptors (Lipinski definition) is 3. The van der Waals surface area contributed by atoms with Crippen LogP contribution in [0, 0.1) is 11.7 Å². The number of nitrogens with one attached hydrogen (secondary N) is 2. The number of hydrogen-bond donors (Lipinski definition) is 2. The summed E-state index contributed by atoms with van der Waals surface area (Å²) in [6.07, 6.45) is 3.04. The molecule has 3 rings (SSSR count). The SMILES string of the molecule is O=C(NC1CC2CC1CN2)c1cc(Cl)c(F)cn1. The molecular formula is C12H13ClFN3O. The lowest BCUT2D eigenvalue weighted by atomic mass is 10.0. The van der Waals surface area contributed by atoms with Crippen LogP contribution in [0.25, 0.3) is 0 Å². The van der Waals surface area contributed by atoms with E-state index in [1.165, 1.54) is 6.07 Å². The van der Waals surface area contributed by atoms with Gasteiger partial charge in [-0.1, -0.05) is 11.6 Å². The molecule has 6 heteroatoms. The second-order valence-corrected chi connectivity index (χ2v) is 5.31. The summed E-state index contributed by atoms with van der Waals surface area (Å²) in [4.78, 5) is 15.7. The predicted molar refractivity (Wildman–Crippen MR) is 65.0 cm³/mol. The lowest BCUT2D eigenvalue weighted by Gasteiger charge is -2.23. The number of rotatable bonds is 2. The summed E-state index contributed by atoms with van der Waals surface area (Å²) < 4.78 is 13.0. The van der Waals surface area contributed by atoms with E-state index in [9.17, 15) is 9.18 Å². The molecule has 0 aromatic carbocycles. The van der Waals surface area contributed by atoms with E-state index in [1.807, 2.05) is 0 Å². The van der Waals surface area contributed by atoms with Crippen LogP contribution in [0.2, 0.25) is 5.02 Å². The second-order valence-electron chi connectivity index (χ2n) is 4.90. The fourth-order valence-electron chi connectivity index (χ4n) is 2.79. The highest BCUT2D eigenvalue weighted by atomic mass is 35.5.